The number of hydrogen-bond acceptors (Lipinski definition) is 6. The van der Waals surface area contributed by atoms with Crippen LogP contribution in [-0.2, 0) is 14.6 Å². The average molecular weight is 487 g/mol. The molecular formula is C24H24F2N4O3S. The standard InChI is InChI=1S/C24H24F2N4O3S/c25-24(26)11-20(24)19-3-1-2-4-21(19)34(32,33)10-9-23(31)29-14-17-6-7-18(15-29)30(17)22-8-5-16(12-27)13-28-22/h1-5,8,13,17-18,20H,6-7,9-11,14-15H2/t17?,18?,20-/m0/s1. The van der Waals surface area contributed by atoms with E-state index in [1.165, 1.54) is 24.4 Å². The number of rotatable bonds is 6. The highest BCUT2D eigenvalue weighted by Crippen LogP contribution is 2.56. The van der Waals surface area contributed by atoms with Crippen LogP contribution in [0.5, 0.6) is 0 Å². The van der Waals surface area contributed by atoms with Crippen LogP contribution in [0.2, 0.25) is 0 Å². The molecule has 3 atom stereocenters. The van der Waals surface area contributed by atoms with Gasteiger partial charge in [0, 0.05) is 44.2 Å². The zero-order valence-electron chi connectivity index (χ0n) is 18.4. The predicted octanol–water partition coefficient (Wildman–Crippen LogP) is 3.12. The monoisotopic (exact) mass is 486 g/mol. The Balaban J connectivity index is 1.24. The summed E-state index contributed by atoms with van der Waals surface area (Å²) in [6.45, 7) is 0.948. The van der Waals surface area contributed by atoms with Gasteiger partial charge < -0.3 is 9.80 Å². The highest BCUT2D eigenvalue weighted by Gasteiger charge is 2.58. The van der Waals surface area contributed by atoms with Crippen molar-refractivity contribution in [1.29, 1.82) is 5.26 Å². The first kappa shape index (κ1) is 22.7. The number of alkyl halides is 2. The van der Waals surface area contributed by atoms with Crippen LogP contribution in [0.1, 0.15) is 42.7 Å². The van der Waals surface area contributed by atoms with Crippen molar-refractivity contribution in [3.63, 3.8) is 0 Å². The number of carbonyl (C=O) groups is 1. The number of hydrogen-bond donors (Lipinski definition) is 0. The van der Waals surface area contributed by atoms with Crippen molar-refractivity contribution in [1.82, 2.24) is 9.88 Å². The quantitative estimate of drug-likeness (QED) is 0.623. The minimum atomic E-state index is -3.88. The van der Waals surface area contributed by atoms with E-state index in [-0.39, 0.29) is 41.3 Å². The van der Waals surface area contributed by atoms with Gasteiger partial charge in [-0.1, -0.05) is 18.2 Å². The van der Waals surface area contributed by atoms with Crippen molar-refractivity contribution in [3.8, 4) is 6.07 Å². The first-order valence-corrected chi connectivity index (χ1v) is 13.0. The number of nitrogens with zero attached hydrogens (tertiary/aromatic N) is 4. The van der Waals surface area contributed by atoms with E-state index in [1.54, 1.807) is 17.0 Å². The van der Waals surface area contributed by atoms with Crippen LogP contribution in [0.4, 0.5) is 14.6 Å². The normalized spacial score (nSPS) is 25.1. The molecule has 5 rings (SSSR count). The third kappa shape index (κ3) is 4.13. The lowest BCUT2D eigenvalue weighted by Gasteiger charge is -2.41. The minimum Gasteiger partial charge on any atom is -0.347 e. The number of pyridine rings is 1. The zero-order chi connectivity index (χ0) is 24.1. The summed E-state index contributed by atoms with van der Waals surface area (Å²) >= 11 is 0. The van der Waals surface area contributed by atoms with E-state index >= 15 is 0 Å². The maximum Gasteiger partial charge on any atom is 0.255 e. The molecule has 1 aromatic carbocycles. The molecule has 3 aliphatic rings. The van der Waals surface area contributed by atoms with Gasteiger partial charge in [-0.3, -0.25) is 4.79 Å². The summed E-state index contributed by atoms with van der Waals surface area (Å²) in [6, 6.07) is 11.6. The summed E-state index contributed by atoms with van der Waals surface area (Å²) in [5.74, 6) is -3.83. The number of piperazine rings is 1. The number of carbonyl (C=O) groups excluding carboxylic acids is 1. The van der Waals surface area contributed by atoms with Crippen molar-refractivity contribution in [2.75, 3.05) is 23.7 Å². The number of aromatic nitrogens is 1. The van der Waals surface area contributed by atoms with Gasteiger partial charge in [0.05, 0.1) is 22.1 Å². The van der Waals surface area contributed by atoms with Gasteiger partial charge in [-0.15, -0.1) is 0 Å². The van der Waals surface area contributed by atoms with Crippen LogP contribution < -0.4 is 4.90 Å². The number of benzene rings is 1. The largest absolute Gasteiger partial charge is 0.347 e. The lowest BCUT2D eigenvalue weighted by Crippen LogP contribution is -2.55. The van der Waals surface area contributed by atoms with Crippen molar-refractivity contribution < 1.29 is 22.0 Å². The maximum absolute atomic E-state index is 13.6. The van der Waals surface area contributed by atoms with E-state index in [0.29, 0.717) is 18.7 Å². The highest BCUT2D eigenvalue weighted by molar-refractivity contribution is 7.91. The fourth-order valence-electron chi connectivity index (χ4n) is 5.18. The van der Waals surface area contributed by atoms with Gasteiger partial charge in [-0.05, 0) is 36.6 Å². The molecular weight excluding hydrogens is 462 g/mol. The van der Waals surface area contributed by atoms with E-state index < -0.39 is 27.4 Å². The van der Waals surface area contributed by atoms with Crippen LogP contribution in [-0.4, -0.2) is 61.1 Å². The van der Waals surface area contributed by atoms with Gasteiger partial charge in [0.1, 0.15) is 11.9 Å². The average Bonchev–Trinajstić information content (AvgIpc) is 3.40. The van der Waals surface area contributed by atoms with Gasteiger partial charge in [0.15, 0.2) is 9.84 Å². The van der Waals surface area contributed by atoms with Crippen LogP contribution >= 0.6 is 0 Å². The number of anilines is 1. The molecule has 10 heteroatoms. The fraction of sp³-hybridized carbons (Fsp3) is 0.458. The zero-order valence-corrected chi connectivity index (χ0v) is 19.2. The number of halogens is 2. The van der Waals surface area contributed by atoms with Crippen LogP contribution in [0, 0.1) is 11.3 Å². The van der Waals surface area contributed by atoms with Gasteiger partial charge in [-0.25, -0.2) is 22.2 Å². The molecule has 34 heavy (non-hydrogen) atoms. The van der Waals surface area contributed by atoms with Crippen molar-refractivity contribution in [2.45, 2.75) is 54.5 Å². The Kier molecular flexibility index (Phi) is 5.55. The Labute approximate surface area is 196 Å². The Morgan fingerprint density at radius 2 is 1.82 bits per heavy atom. The van der Waals surface area contributed by atoms with E-state index in [9.17, 15) is 22.0 Å². The van der Waals surface area contributed by atoms with Crippen LogP contribution in [0.3, 0.4) is 0 Å². The van der Waals surface area contributed by atoms with Crippen molar-refractivity contribution >= 4 is 21.6 Å². The second-order valence-electron chi connectivity index (χ2n) is 9.23. The molecule has 7 nitrogen and oxygen atoms in total. The summed E-state index contributed by atoms with van der Waals surface area (Å²) < 4.78 is 53.1. The number of nitriles is 1. The molecule has 2 aromatic rings. The van der Waals surface area contributed by atoms with Gasteiger partial charge >= 0.3 is 0 Å². The highest BCUT2D eigenvalue weighted by atomic mass is 32.2. The maximum atomic E-state index is 13.6. The summed E-state index contributed by atoms with van der Waals surface area (Å²) in [4.78, 5) is 21.1. The molecule has 1 aliphatic carbocycles. The van der Waals surface area contributed by atoms with E-state index in [1.807, 2.05) is 6.07 Å². The van der Waals surface area contributed by atoms with Crippen molar-refractivity contribution in [3.05, 3.63) is 53.7 Å². The van der Waals surface area contributed by atoms with Gasteiger partial charge in [-0.2, -0.15) is 5.26 Å². The molecule has 1 aromatic heterocycles. The topological polar surface area (TPSA) is 94.4 Å². The smallest absolute Gasteiger partial charge is 0.255 e. The van der Waals surface area contributed by atoms with E-state index in [2.05, 4.69) is 16.0 Å². The molecule has 1 saturated carbocycles. The molecule has 2 unspecified atom stereocenters. The predicted molar refractivity (Wildman–Crippen MR) is 120 cm³/mol. The Morgan fingerprint density at radius 1 is 1.15 bits per heavy atom. The first-order valence-electron chi connectivity index (χ1n) is 11.3. The Hall–Kier alpha value is -3.06. The third-order valence-corrected chi connectivity index (χ3v) is 8.80. The summed E-state index contributed by atoms with van der Waals surface area (Å²) in [6.07, 6.45) is 2.80. The molecule has 2 aliphatic heterocycles. The van der Waals surface area contributed by atoms with Crippen molar-refractivity contribution in [2.24, 2.45) is 0 Å². The summed E-state index contributed by atoms with van der Waals surface area (Å²) in [5, 5.41) is 8.98. The molecule has 2 saturated heterocycles. The molecule has 3 fully saturated rings. The molecule has 178 valence electrons. The molecule has 2 bridgehead atoms. The lowest BCUT2D eigenvalue weighted by molar-refractivity contribution is -0.131. The second kappa shape index (κ2) is 8.31. The summed E-state index contributed by atoms with van der Waals surface area (Å²) in [5.41, 5.74) is 0.625. The number of fused-ring (bicyclic) bond motifs is 2. The minimum absolute atomic E-state index is 0.0811. The Bertz CT molecular complexity index is 1250. The van der Waals surface area contributed by atoms with Crippen LogP contribution in [0.15, 0.2) is 47.5 Å². The van der Waals surface area contributed by atoms with E-state index in [4.69, 9.17) is 5.26 Å². The number of sulfone groups is 1. The molecule has 0 N–H and O–H groups in total. The molecule has 0 radical (unpaired) electrons. The SMILES string of the molecule is N#Cc1ccc(N2C3CCC2CN(C(=O)CCS(=O)(=O)c2ccccc2[C@@H]2CC2(F)F)C3)nc1. The lowest BCUT2D eigenvalue weighted by atomic mass is 10.1. The summed E-state index contributed by atoms with van der Waals surface area (Å²) in [7, 11) is -3.88. The van der Waals surface area contributed by atoms with Crippen LogP contribution in [0.25, 0.3) is 0 Å². The molecule has 0 spiro atoms. The molecule has 1 amide bonds. The van der Waals surface area contributed by atoms with Gasteiger partial charge in [0.2, 0.25) is 5.91 Å². The molecule has 3 heterocycles. The second-order valence-corrected chi connectivity index (χ2v) is 11.3. The number of likely N-dealkylation sites (tertiary alicyclic amines) is 1. The Morgan fingerprint density at radius 3 is 2.41 bits per heavy atom. The first-order chi connectivity index (χ1) is 16.2. The van der Waals surface area contributed by atoms with E-state index in [0.717, 1.165) is 18.7 Å². The van der Waals surface area contributed by atoms with Gasteiger partial charge in [0.25, 0.3) is 5.92 Å². The fourth-order valence-corrected chi connectivity index (χ4v) is 6.70. The number of amides is 1. The third-order valence-electron chi connectivity index (χ3n) is 7.02.